The maximum absolute atomic E-state index is 12.2. The first-order chi connectivity index (χ1) is 16.1. The number of carbonyl (C=O) groups excluding carboxylic acids is 1. The number of carboxylic acid groups (broad SMARTS) is 1. The van der Waals surface area contributed by atoms with Gasteiger partial charge in [-0.05, 0) is 59.7 Å². The summed E-state index contributed by atoms with van der Waals surface area (Å²) in [6, 6.07) is 23.0. The minimum Gasteiger partial charge on any atom is -0.494 e. The highest BCUT2D eigenvalue weighted by molar-refractivity contribution is 5.88. The molecule has 6 heteroatoms. The SMILES string of the molecule is O=C(NCCCCCOc1cccc(C(=O)O)c1)OCC1c2ccccc2-c2ccccc21. The molecule has 33 heavy (non-hydrogen) atoms. The summed E-state index contributed by atoms with van der Waals surface area (Å²) in [7, 11) is 0. The Morgan fingerprint density at radius 2 is 1.55 bits per heavy atom. The van der Waals surface area contributed by atoms with Crippen LogP contribution in [0.1, 0.15) is 46.7 Å². The van der Waals surface area contributed by atoms with Gasteiger partial charge >= 0.3 is 12.1 Å². The molecule has 0 fully saturated rings. The molecule has 2 N–H and O–H groups in total. The summed E-state index contributed by atoms with van der Waals surface area (Å²) in [6.07, 6.45) is 2.09. The summed E-state index contributed by atoms with van der Waals surface area (Å²) < 4.78 is 11.1. The Hall–Kier alpha value is -3.80. The Kier molecular flexibility index (Phi) is 7.25. The molecule has 0 unspecified atom stereocenters. The summed E-state index contributed by atoms with van der Waals surface area (Å²) in [5.41, 5.74) is 5.01. The fourth-order valence-electron chi connectivity index (χ4n) is 4.15. The molecule has 0 radical (unpaired) electrons. The molecule has 170 valence electrons. The first-order valence-corrected chi connectivity index (χ1v) is 11.2. The largest absolute Gasteiger partial charge is 0.494 e. The van der Waals surface area contributed by atoms with Crippen molar-refractivity contribution >= 4 is 12.1 Å². The van der Waals surface area contributed by atoms with Crippen molar-refractivity contribution in [2.24, 2.45) is 0 Å². The summed E-state index contributed by atoms with van der Waals surface area (Å²) in [4.78, 5) is 23.2. The number of alkyl carbamates (subject to hydrolysis) is 1. The third-order valence-electron chi connectivity index (χ3n) is 5.78. The normalized spacial score (nSPS) is 12.0. The second-order valence-corrected chi connectivity index (χ2v) is 7.99. The number of hydrogen-bond donors (Lipinski definition) is 2. The van der Waals surface area contributed by atoms with E-state index in [1.807, 2.05) is 24.3 Å². The van der Waals surface area contributed by atoms with Crippen molar-refractivity contribution in [2.45, 2.75) is 25.2 Å². The van der Waals surface area contributed by atoms with Crippen LogP contribution in [-0.2, 0) is 4.74 Å². The van der Waals surface area contributed by atoms with Crippen molar-refractivity contribution in [1.29, 1.82) is 0 Å². The van der Waals surface area contributed by atoms with Gasteiger partial charge in [-0.25, -0.2) is 9.59 Å². The minimum atomic E-state index is -0.972. The fraction of sp³-hybridized carbons (Fsp3) is 0.259. The van der Waals surface area contributed by atoms with Crippen LogP contribution >= 0.6 is 0 Å². The smallest absolute Gasteiger partial charge is 0.407 e. The van der Waals surface area contributed by atoms with Gasteiger partial charge in [0.05, 0.1) is 12.2 Å². The van der Waals surface area contributed by atoms with Crippen LogP contribution in [0.2, 0.25) is 0 Å². The van der Waals surface area contributed by atoms with Crippen molar-refractivity contribution in [1.82, 2.24) is 5.32 Å². The standard InChI is InChI=1S/C27H27NO5/c29-26(30)19-9-8-10-20(17-19)32-16-7-1-6-15-28-27(31)33-18-25-23-13-4-2-11-21(23)22-12-3-5-14-24(22)25/h2-5,8-14,17,25H,1,6-7,15-16,18H2,(H,28,31)(H,29,30). The van der Waals surface area contributed by atoms with Crippen molar-refractivity contribution in [3.8, 4) is 16.9 Å². The highest BCUT2D eigenvalue weighted by Crippen LogP contribution is 2.44. The van der Waals surface area contributed by atoms with Crippen molar-refractivity contribution in [2.75, 3.05) is 19.8 Å². The van der Waals surface area contributed by atoms with E-state index in [-0.39, 0.29) is 11.5 Å². The maximum Gasteiger partial charge on any atom is 0.407 e. The molecule has 0 saturated carbocycles. The molecule has 0 heterocycles. The second-order valence-electron chi connectivity index (χ2n) is 7.99. The molecule has 1 aliphatic rings. The van der Waals surface area contributed by atoms with E-state index in [1.165, 1.54) is 34.4 Å². The van der Waals surface area contributed by atoms with E-state index < -0.39 is 12.1 Å². The number of nitrogens with one attached hydrogen (secondary N) is 1. The van der Waals surface area contributed by atoms with Gasteiger partial charge in [0, 0.05) is 12.5 Å². The van der Waals surface area contributed by atoms with Crippen LogP contribution < -0.4 is 10.1 Å². The van der Waals surface area contributed by atoms with Crippen LogP contribution in [0.5, 0.6) is 5.75 Å². The quantitative estimate of drug-likeness (QED) is 0.404. The van der Waals surface area contributed by atoms with Crippen molar-refractivity contribution in [3.63, 3.8) is 0 Å². The molecular formula is C27H27NO5. The Labute approximate surface area is 193 Å². The van der Waals surface area contributed by atoms with E-state index in [1.54, 1.807) is 12.1 Å². The molecule has 1 aliphatic carbocycles. The van der Waals surface area contributed by atoms with Crippen LogP contribution in [0.25, 0.3) is 11.1 Å². The monoisotopic (exact) mass is 445 g/mol. The molecule has 0 aromatic heterocycles. The number of carboxylic acids is 1. The lowest BCUT2D eigenvalue weighted by Gasteiger charge is -2.14. The van der Waals surface area contributed by atoms with Gasteiger partial charge in [-0.15, -0.1) is 0 Å². The lowest BCUT2D eigenvalue weighted by molar-refractivity contribution is 0.0696. The summed E-state index contributed by atoms with van der Waals surface area (Å²) in [6.45, 7) is 1.34. The summed E-state index contributed by atoms with van der Waals surface area (Å²) >= 11 is 0. The Morgan fingerprint density at radius 1 is 0.848 bits per heavy atom. The number of rotatable bonds is 10. The Bertz CT molecular complexity index is 1080. The molecule has 0 atom stereocenters. The van der Waals surface area contributed by atoms with E-state index in [0.717, 1.165) is 19.3 Å². The van der Waals surface area contributed by atoms with Crippen LogP contribution in [0, 0.1) is 0 Å². The molecule has 6 nitrogen and oxygen atoms in total. The maximum atomic E-state index is 12.2. The molecule has 0 spiro atoms. The number of benzene rings is 3. The predicted octanol–water partition coefficient (Wildman–Crippen LogP) is 5.47. The van der Waals surface area contributed by atoms with Crippen LogP contribution in [0.4, 0.5) is 4.79 Å². The number of fused-ring (bicyclic) bond motifs is 3. The first-order valence-electron chi connectivity index (χ1n) is 11.2. The average Bonchev–Trinajstić information content (AvgIpc) is 3.16. The zero-order valence-corrected chi connectivity index (χ0v) is 18.3. The highest BCUT2D eigenvalue weighted by atomic mass is 16.5. The Morgan fingerprint density at radius 3 is 2.24 bits per heavy atom. The third-order valence-corrected chi connectivity index (χ3v) is 5.78. The molecule has 1 amide bonds. The van der Waals surface area contributed by atoms with Crippen LogP contribution in [-0.4, -0.2) is 36.9 Å². The van der Waals surface area contributed by atoms with E-state index in [0.29, 0.717) is 25.5 Å². The number of amides is 1. The summed E-state index contributed by atoms with van der Waals surface area (Å²) in [5, 5.41) is 11.8. The second kappa shape index (κ2) is 10.7. The van der Waals surface area contributed by atoms with Crippen LogP contribution in [0.3, 0.4) is 0 Å². The number of aromatic carboxylic acids is 1. The molecule has 3 aromatic rings. The van der Waals surface area contributed by atoms with Gasteiger partial charge in [0.1, 0.15) is 12.4 Å². The predicted molar refractivity (Wildman–Crippen MR) is 126 cm³/mol. The van der Waals surface area contributed by atoms with E-state index >= 15 is 0 Å². The average molecular weight is 446 g/mol. The van der Waals surface area contributed by atoms with Gasteiger partial charge in [-0.1, -0.05) is 54.6 Å². The highest BCUT2D eigenvalue weighted by Gasteiger charge is 2.28. The molecular weight excluding hydrogens is 418 g/mol. The molecule has 0 saturated heterocycles. The van der Waals surface area contributed by atoms with E-state index in [9.17, 15) is 9.59 Å². The topological polar surface area (TPSA) is 84.9 Å². The van der Waals surface area contributed by atoms with Crippen molar-refractivity contribution in [3.05, 3.63) is 89.5 Å². The van der Waals surface area contributed by atoms with Gasteiger partial charge in [0.2, 0.25) is 0 Å². The van der Waals surface area contributed by atoms with Gasteiger partial charge in [-0.3, -0.25) is 0 Å². The van der Waals surface area contributed by atoms with Crippen molar-refractivity contribution < 1.29 is 24.2 Å². The lowest BCUT2D eigenvalue weighted by atomic mass is 9.98. The van der Waals surface area contributed by atoms with Gasteiger partial charge in [-0.2, -0.15) is 0 Å². The third kappa shape index (κ3) is 5.52. The lowest BCUT2D eigenvalue weighted by Crippen LogP contribution is -2.27. The number of ether oxygens (including phenoxy) is 2. The zero-order chi connectivity index (χ0) is 23.0. The number of unbranched alkanes of at least 4 members (excludes halogenated alkanes) is 2. The number of carbonyl (C=O) groups is 2. The molecule has 0 aliphatic heterocycles. The van der Waals surface area contributed by atoms with Crippen LogP contribution in [0.15, 0.2) is 72.8 Å². The van der Waals surface area contributed by atoms with Gasteiger partial charge in [0.15, 0.2) is 0 Å². The van der Waals surface area contributed by atoms with E-state index in [4.69, 9.17) is 14.6 Å². The molecule has 4 rings (SSSR count). The van der Waals surface area contributed by atoms with Gasteiger partial charge < -0.3 is 19.9 Å². The summed E-state index contributed by atoms with van der Waals surface area (Å²) in [5.74, 6) is -0.369. The van der Waals surface area contributed by atoms with E-state index in [2.05, 4.69) is 29.6 Å². The number of hydrogen-bond acceptors (Lipinski definition) is 4. The zero-order valence-electron chi connectivity index (χ0n) is 18.3. The Balaban J connectivity index is 1.14. The first kappa shape index (κ1) is 22.4. The molecule has 3 aromatic carbocycles. The minimum absolute atomic E-state index is 0.0555. The van der Waals surface area contributed by atoms with Gasteiger partial charge in [0.25, 0.3) is 0 Å². The molecule has 0 bridgehead atoms. The fourth-order valence-corrected chi connectivity index (χ4v) is 4.15.